The molecule has 4 heteroatoms. The summed E-state index contributed by atoms with van der Waals surface area (Å²) in [5.74, 6) is 0.582. The van der Waals surface area contributed by atoms with Gasteiger partial charge in [0, 0.05) is 0 Å². The van der Waals surface area contributed by atoms with E-state index in [0.29, 0.717) is 12.3 Å². The number of carboxylic acid groups (broad SMARTS) is 1. The normalized spacial score (nSPS) is 13.0. The lowest BCUT2D eigenvalue weighted by Gasteiger charge is -2.13. The zero-order valence-electron chi connectivity index (χ0n) is 10.2. The molecule has 0 aliphatic carbocycles. The number of rotatable bonds is 10. The molecule has 16 heavy (non-hydrogen) atoms. The summed E-state index contributed by atoms with van der Waals surface area (Å²) in [4.78, 5) is 10.9. The molecule has 0 aliphatic heterocycles. The number of unbranched alkanes of at least 4 members (excludes halogenated alkanes) is 3. The van der Waals surface area contributed by atoms with Crippen molar-refractivity contribution in [2.45, 2.75) is 51.2 Å². The van der Waals surface area contributed by atoms with Crippen LogP contribution in [0.15, 0.2) is 0 Å². The predicted octanol–water partition coefficient (Wildman–Crippen LogP) is 3.75. The summed E-state index contributed by atoms with van der Waals surface area (Å²) >= 11 is 1.52. The molecule has 0 aromatic heterocycles. The lowest BCUT2D eigenvalue weighted by molar-refractivity contribution is -0.136. The number of carboxylic acids is 1. The summed E-state index contributed by atoms with van der Waals surface area (Å²) in [5, 5.41) is 8.72. The molecule has 0 bridgehead atoms. The zero-order valence-corrected chi connectivity index (χ0v) is 11.1. The maximum absolute atomic E-state index is 11.8. The first-order chi connectivity index (χ1) is 7.57. The van der Waals surface area contributed by atoms with Gasteiger partial charge in [-0.25, -0.2) is 0 Å². The second kappa shape index (κ2) is 9.94. The lowest BCUT2D eigenvalue weighted by atomic mass is 10.1. The largest absolute Gasteiger partial charge is 0.480 e. The van der Waals surface area contributed by atoms with Gasteiger partial charge >= 0.3 is 5.97 Å². The maximum Gasteiger partial charge on any atom is 0.316 e. The van der Waals surface area contributed by atoms with Crippen molar-refractivity contribution in [1.82, 2.24) is 0 Å². The molecular formula is C12H23FO2S. The third-order valence-electron chi connectivity index (χ3n) is 2.31. The van der Waals surface area contributed by atoms with Gasteiger partial charge in [-0.2, -0.15) is 0 Å². The van der Waals surface area contributed by atoms with Crippen LogP contribution in [0.4, 0.5) is 4.39 Å². The Morgan fingerprint density at radius 1 is 1.25 bits per heavy atom. The molecule has 0 radical (unpaired) electrons. The van der Waals surface area contributed by atoms with Crippen LogP contribution in [0, 0.1) is 5.92 Å². The molecule has 96 valence electrons. The van der Waals surface area contributed by atoms with Crippen LogP contribution in [0.2, 0.25) is 0 Å². The monoisotopic (exact) mass is 250 g/mol. The highest BCUT2D eigenvalue weighted by Crippen LogP contribution is 2.21. The van der Waals surface area contributed by atoms with Crippen LogP contribution in [0.5, 0.6) is 0 Å². The van der Waals surface area contributed by atoms with E-state index in [1.807, 2.05) is 13.8 Å². The predicted molar refractivity (Wildman–Crippen MR) is 67.8 cm³/mol. The molecule has 0 aromatic carbocycles. The van der Waals surface area contributed by atoms with Crippen LogP contribution in [-0.4, -0.2) is 28.8 Å². The van der Waals surface area contributed by atoms with E-state index >= 15 is 0 Å². The summed E-state index contributed by atoms with van der Waals surface area (Å²) in [6.07, 6.45) is 4.28. The molecule has 1 unspecified atom stereocenters. The molecular weight excluding hydrogens is 227 g/mol. The zero-order chi connectivity index (χ0) is 12.4. The molecule has 1 N–H and O–H groups in total. The molecule has 0 rings (SSSR count). The van der Waals surface area contributed by atoms with Crippen molar-refractivity contribution in [3.8, 4) is 0 Å². The van der Waals surface area contributed by atoms with E-state index in [-0.39, 0.29) is 11.9 Å². The Kier molecular flexibility index (Phi) is 9.78. The van der Waals surface area contributed by atoms with Crippen molar-refractivity contribution < 1.29 is 14.3 Å². The minimum Gasteiger partial charge on any atom is -0.480 e. The lowest BCUT2D eigenvalue weighted by Crippen LogP contribution is -2.19. The number of halogens is 1. The second-order valence-electron chi connectivity index (χ2n) is 4.43. The number of hydrogen-bond acceptors (Lipinski definition) is 2. The van der Waals surface area contributed by atoms with E-state index in [0.717, 1.165) is 31.4 Å². The van der Waals surface area contributed by atoms with Crippen LogP contribution >= 0.6 is 11.8 Å². The molecule has 0 saturated carbocycles. The van der Waals surface area contributed by atoms with Crippen molar-refractivity contribution >= 4 is 17.7 Å². The average Bonchev–Trinajstić information content (AvgIpc) is 2.20. The molecule has 0 heterocycles. The Balaban J connectivity index is 3.57. The summed E-state index contributed by atoms with van der Waals surface area (Å²) in [6, 6.07) is 0. The number of hydrogen-bond donors (Lipinski definition) is 1. The van der Waals surface area contributed by atoms with E-state index < -0.39 is 5.97 Å². The first-order valence-corrected chi connectivity index (χ1v) is 7.03. The Morgan fingerprint density at radius 3 is 2.38 bits per heavy atom. The molecule has 0 saturated heterocycles. The van der Waals surface area contributed by atoms with Crippen molar-refractivity contribution in [2.24, 2.45) is 5.92 Å². The number of alkyl halides is 1. The summed E-state index contributed by atoms with van der Waals surface area (Å²) in [7, 11) is 0. The molecule has 0 amide bonds. The highest BCUT2D eigenvalue weighted by atomic mass is 32.2. The summed E-state index contributed by atoms with van der Waals surface area (Å²) < 4.78 is 11.8. The molecule has 0 aliphatic rings. The Hall–Kier alpha value is -0.250. The van der Waals surface area contributed by atoms with Gasteiger partial charge in [0.25, 0.3) is 0 Å². The van der Waals surface area contributed by atoms with Crippen LogP contribution < -0.4 is 0 Å². The van der Waals surface area contributed by atoms with E-state index in [1.54, 1.807) is 0 Å². The fraction of sp³-hybridized carbons (Fsp3) is 0.917. The second-order valence-corrected chi connectivity index (χ2v) is 5.74. The first-order valence-electron chi connectivity index (χ1n) is 5.98. The van der Waals surface area contributed by atoms with Crippen molar-refractivity contribution in [3.63, 3.8) is 0 Å². The number of aliphatic carboxylic acids is 1. The van der Waals surface area contributed by atoms with E-state index in [2.05, 4.69) is 0 Å². The standard InChI is InChI=1S/C12H23FO2S/c1-10(2)9-11(12(14)15)16-8-6-4-3-5-7-13/h10-11H,3-9H2,1-2H3,(H,14,15). The fourth-order valence-electron chi connectivity index (χ4n) is 1.44. The van der Waals surface area contributed by atoms with Gasteiger partial charge < -0.3 is 5.11 Å². The van der Waals surface area contributed by atoms with Gasteiger partial charge in [-0.1, -0.05) is 26.7 Å². The molecule has 0 fully saturated rings. The molecule has 2 nitrogen and oxygen atoms in total. The van der Waals surface area contributed by atoms with Gasteiger partial charge in [-0.15, -0.1) is 11.8 Å². The third kappa shape index (κ3) is 9.01. The van der Waals surface area contributed by atoms with Crippen LogP contribution in [0.3, 0.4) is 0 Å². The molecule has 0 aromatic rings. The SMILES string of the molecule is CC(C)CC(SCCCCCCF)C(=O)O. The quantitative estimate of drug-likeness (QED) is 0.600. The highest BCUT2D eigenvalue weighted by molar-refractivity contribution is 8.00. The minimum atomic E-state index is -0.706. The minimum absolute atomic E-state index is 0.238. The molecule has 1 atom stereocenters. The maximum atomic E-state index is 11.8. The summed E-state index contributed by atoms with van der Waals surface area (Å²) in [5.41, 5.74) is 0. The fourth-order valence-corrected chi connectivity index (χ4v) is 2.76. The van der Waals surface area contributed by atoms with Gasteiger partial charge in [0.1, 0.15) is 5.25 Å². The van der Waals surface area contributed by atoms with Crippen LogP contribution in [0.25, 0.3) is 0 Å². The van der Waals surface area contributed by atoms with Crippen molar-refractivity contribution in [1.29, 1.82) is 0 Å². The van der Waals surface area contributed by atoms with E-state index in [9.17, 15) is 9.18 Å². The Morgan fingerprint density at radius 2 is 1.88 bits per heavy atom. The number of carbonyl (C=O) groups is 1. The Bertz CT molecular complexity index is 186. The highest BCUT2D eigenvalue weighted by Gasteiger charge is 2.18. The first kappa shape index (κ1) is 15.8. The van der Waals surface area contributed by atoms with Crippen LogP contribution in [0.1, 0.15) is 46.0 Å². The van der Waals surface area contributed by atoms with E-state index in [1.165, 1.54) is 11.8 Å². The van der Waals surface area contributed by atoms with Crippen LogP contribution in [-0.2, 0) is 4.79 Å². The van der Waals surface area contributed by atoms with Gasteiger partial charge in [0.05, 0.1) is 6.67 Å². The molecule has 0 spiro atoms. The summed E-state index contributed by atoms with van der Waals surface area (Å²) in [6.45, 7) is 3.84. The van der Waals surface area contributed by atoms with Crippen molar-refractivity contribution in [2.75, 3.05) is 12.4 Å². The number of thioether (sulfide) groups is 1. The third-order valence-corrected chi connectivity index (χ3v) is 3.63. The van der Waals surface area contributed by atoms with Crippen molar-refractivity contribution in [3.05, 3.63) is 0 Å². The average molecular weight is 250 g/mol. The smallest absolute Gasteiger partial charge is 0.316 e. The van der Waals surface area contributed by atoms with Gasteiger partial charge in [-0.3, -0.25) is 9.18 Å². The Labute approximate surface area is 102 Å². The van der Waals surface area contributed by atoms with Gasteiger partial charge in [0.15, 0.2) is 0 Å². The topological polar surface area (TPSA) is 37.3 Å². The van der Waals surface area contributed by atoms with E-state index in [4.69, 9.17) is 5.11 Å². The van der Waals surface area contributed by atoms with Gasteiger partial charge in [-0.05, 0) is 30.9 Å². The van der Waals surface area contributed by atoms with Gasteiger partial charge in [0.2, 0.25) is 0 Å².